The first kappa shape index (κ1) is 22.2. The van der Waals surface area contributed by atoms with Crippen molar-refractivity contribution in [2.24, 2.45) is 5.92 Å². The number of carboxylic acid groups (broad SMARTS) is 1. The van der Waals surface area contributed by atoms with Gasteiger partial charge in [0.15, 0.2) is 0 Å². The van der Waals surface area contributed by atoms with Gasteiger partial charge in [-0.1, -0.05) is 110 Å². The third-order valence-electron chi connectivity index (χ3n) is 4.70. The van der Waals surface area contributed by atoms with E-state index >= 15 is 0 Å². The molecule has 0 aliphatic carbocycles. The lowest BCUT2D eigenvalue weighted by Gasteiger charge is -2.10. The zero-order valence-electron chi connectivity index (χ0n) is 15.7. The van der Waals surface area contributed by atoms with Gasteiger partial charge in [0, 0.05) is 5.57 Å². The number of aliphatic carboxylic acids is 1. The Balaban J connectivity index is 3.21. The zero-order chi connectivity index (χ0) is 17.3. The van der Waals surface area contributed by atoms with Gasteiger partial charge in [0.1, 0.15) is 0 Å². The second-order valence-electron chi connectivity index (χ2n) is 7.25. The SMILES string of the molecule is C=C(CC(C)CCCCCCCCCCCCCCC)C(=O)O. The molecule has 2 heteroatoms. The van der Waals surface area contributed by atoms with E-state index in [1.807, 2.05) is 0 Å². The summed E-state index contributed by atoms with van der Waals surface area (Å²) in [6.45, 7) is 8.01. The van der Waals surface area contributed by atoms with E-state index in [2.05, 4.69) is 20.4 Å². The Morgan fingerprint density at radius 3 is 1.61 bits per heavy atom. The van der Waals surface area contributed by atoms with Crippen LogP contribution in [0.5, 0.6) is 0 Å². The van der Waals surface area contributed by atoms with E-state index in [0.29, 0.717) is 17.9 Å². The van der Waals surface area contributed by atoms with Crippen LogP contribution < -0.4 is 0 Å². The normalized spacial score (nSPS) is 12.3. The van der Waals surface area contributed by atoms with Gasteiger partial charge in [-0.2, -0.15) is 0 Å². The number of rotatable bonds is 17. The van der Waals surface area contributed by atoms with Crippen LogP contribution in [0.15, 0.2) is 12.2 Å². The van der Waals surface area contributed by atoms with Gasteiger partial charge < -0.3 is 5.11 Å². The van der Waals surface area contributed by atoms with E-state index in [4.69, 9.17) is 5.11 Å². The lowest BCUT2D eigenvalue weighted by Crippen LogP contribution is -2.04. The Hall–Kier alpha value is -0.790. The summed E-state index contributed by atoms with van der Waals surface area (Å²) in [5.74, 6) is -0.395. The first-order valence-electron chi connectivity index (χ1n) is 9.99. The van der Waals surface area contributed by atoms with Crippen LogP contribution in [0.4, 0.5) is 0 Å². The molecule has 2 nitrogen and oxygen atoms in total. The van der Waals surface area contributed by atoms with Gasteiger partial charge in [-0.05, 0) is 12.3 Å². The molecular weight excluding hydrogens is 284 g/mol. The van der Waals surface area contributed by atoms with Crippen molar-refractivity contribution in [2.75, 3.05) is 0 Å². The lowest BCUT2D eigenvalue weighted by atomic mass is 9.95. The molecule has 0 aromatic rings. The molecule has 0 aliphatic heterocycles. The van der Waals surface area contributed by atoms with E-state index in [1.165, 1.54) is 83.5 Å². The minimum Gasteiger partial charge on any atom is -0.478 e. The van der Waals surface area contributed by atoms with Crippen molar-refractivity contribution in [1.82, 2.24) is 0 Å². The molecule has 0 heterocycles. The molecule has 1 atom stereocenters. The predicted octanol–water partition coefficient (Wildman–Crippen LogP) is 7.13. The highest BCUT2D eigenvalue weighted by atomic mass is 16.4. The van der Waals surface area contributed by atoms with Crippen LogP contribution in [-0.2, 0) is 4.79 Å². The fourth-order valence-corrected chi connectivity index (χ4v) is 3.12. The molecule has 1 unspecified atom stereocenters. The van der Waals surface area contributed by atoms with Crippen molar-refractivity contribution >= 4 is 5.97 Å². The van der Waals surface area contributed by atoms with Gasteiger partial charge in [0.05, 0.1) is 0 Å². The monoisotopic (exact) mass is 324 g/mol. The van der Waals surface area contributed by atoms with Crippen LogP contribution in [0, 0.1) is 5.92 Å². The second kappa shape index (κ2) is 16.1. The topological polar surface area (TPSA) is 37.3 Å². The average molecular weight is 325 g/mol. The highest BCUT2D eigenvalue weighted by molar-refractivity contribution is 5.85. The first-order chi connectivity index (χ1) is 11.1. The number of unbranched alkanes of at least 4 members (excludes halogenated alkanes) is 12. The summed E-state index contributed by atoms with van der Waals surface area (Å²) in [5.41, 5.74) is 0.354. The number of hydrogen-bond acceptors (Lipinski definition) is 1. The molecule has 0 aliphatic rings. The molecule has 23 heavy (non-hydrogen) atoms. The number of hydrogen-bond donors (Lipinski definition) is 1. The van der Waals surface area contributed by atoms with E-state index in [9.17, 15) is 4.79 Å². The van der Waals surface area contributed by atoms with E-state index in [0.717, 1.165) is 6.42 Å². The summed E-state index contributed by atoms with van der Waals surface area (Å²) < 4.78 is 0. The molecule has 0 saturated heterocycles. The van der Waals surface area contributed by atoms with E-state index in [-0.39, 0.29) is 0 Å². The number of carbonyl (C=O) groups is 1. The maximum Gasteiger partial charge on any atom is 0.330 e. The Bertz CT molecular complexity index is 296. The van der Waals surface area contributed by atoms with Gasteiger partial charge in [-0.3, -0.25) is 0 Å². The van der Waals surface area contributed by atoms with Gasteiger partial charge in [0.25, 0.3) is 0 Å². The minimum atomic E-state index is -0.845. The summed E-state index contributed by atoms with van der Waals surface area (Å²) in [5, 5.41) is 8.82. The highest BCUT2D eigenvalue weighted by Crippen LogP contribution is 2.18. The molecule has 0 spiro atoms. The van der Waals surface area contributed by atoms with Crippen LogP contribution in [0.25, 0.3) is 0 Å². The molecule has 1 N–H and O–H groups in total. The van der Waals surface area contributed by atoms with Gasteiger partial charge >= 0.3 is 5.97 Å². The Morgan fingerprint density at radius 2 is 1.22 bits per heavy atom. The summed E-state index contributed by atoms with van der Waals surface area (Å²) in [6.07, 6.45) is 19.7. The fourth-order valence-electron chi connectivity index (χ4n) is 3.12. The van der Waals surface area contributed by atoms with E-state index < -0.39 is 5.97 Å². The highest BCUT2D eigenvalue weighted by Gasteiger charge is 2.09. The Kier molecular flexibility index (Phi) is 15.5. The third-order valence-corrected chi connectivity index (χ3v) is 4.70. The molecular formula is C21H40O2. The number of carboxylic acids is 1. The predicted molar refractivity (Wildman–Crippen MR) is 101 cm³/mol. The van der Waals surface area contributed by atoms with Crippen LogP contribution >= 0.6 is 0 Å². The van der Waals surface area contributed by atoms with Crippen molar-refractivity contribution in [1.29, 1.82) is 0 Å². The standard InChI is InChI=1S/C21H40O2/c1-4-5-6-7-8-9-10-11-12-13-14-15-16-17-19(2)18-20(3)21(22)23/h19H,3-18H2,1-2H3,(H,22,23). The van der Waals surface area contributed by atoms with Crippen LogP contribution in [-0.4, -0.2) is 11.1 Å². The van der Waals surface area contributed by atoms with Gasteiger partial charge in [-0.15, -0.1) is 0 Å². The summed E-state index contributed by atoms with van der Waals surface area (Å²) >= 11 is 0. The van der Waals surface area contributed by atoms with Crippen molar-refractivity contribution < 1.29 is 9.90 Å². The molecule has 136 valence electrons. The largest absolute Gasteiger partial charge is 0.478 e. The van der Waals surface area contributed by atoms with Crippen molar-refractivity contribution in [3.63, 3.8) is 0 Å². The maximum atomic E-state index is 10.7. The zero-order valence-corrected chi connectivity index (χ0v) is 15.7. The molecule has 0 bridgehead atoms. The average Bonchev–Trinajstić information content (AvgIpc) is 2.51. The summed E-state index contributed by atoms with van der Waals surface area (Å²) in [6, 6.07) is 0. The van der Waals surface area contributed by atoms with Crippen molar-refractivity contribution in [2.45, 2.75) is 110 Å². The molecule has 0 saturated carbocycles. The van der Waals surface area contributed by atoms with Gasteiger partial charge in [0.2, 0.25) is 0 Å². The smallest absolute Gasteiger partial charge is 0.330 e. The Labute approximate surface area is 144 Å². The molecule has 0 radical (unpaired) electrons. The van der Waals surface area contributed by atoms with Crippen LogP contribution in [0.3, 0.4) is 0 Å². The fraction of sp³-hybridized carbons (Fsp3) is 0.857. The molecule has 0 aromatic carbocycles. The first-order valence-corrected chi connectivity index (χ1v) is 9.99. The third kappa shape index (κ3) is 15.9. The molecule has 0 amide bonds. The van der Waals surface area contributed by atoms with Crippen molar-refractivity contribution in [3.8, 4) is 0 Å². The minimum absolute atomic E-state index is 0.354. The van der Waals surface area contributed by atoms with Crippen molar-refractivity contribution in [3.05, 3.63) is 12.2 Å². The summed E-state index contributed by atoms with van der Waals surface area (Å²) in [4.78, 5) is 10.7. The van der Waals surface area contributed by atoms with E-state index in [1.54, 1.807) is 0 Å². The molecule has 0 rings (SSSR count). The van der Waals surface area contributed by atoms with Gasteiger partial charge in [-0.25, -0.2) is 4.79 Å². The molecule has 0 aromatic heterocycles. The van der Waals surface area contributed by atoms with Crippen LogP contribution in [0.1, 0.15) is 110 Å². The quantitative estimate of drug-likeness (QED) is 0.228. The second-order valence-corrected chi connectivity index (χ2v) is 7.25. The molecule has 0 fully saturated rings. The van der Waals surface area contributed by atoms with Crippen LogP contribution in [0.2, 0.25) is 0 Å². The Morgan fingerprint density at radius 1 is 0.826 bits per heavy atom. The summed E-state index contributed by atoms with van der Waals surface area (Å²) in [7, 11) is 0. The maximum absolute atomic E-state index is 10.7. The lowest BCUT2D eigenvalue weighted by molar-refractivity contribution is -0.132.